The maximum atomic E-state index is 12.9. The summed E-state index contributed by atoms with van der Waals surface area (Å²) < 4.78 is 9.61. The SMILES string of the molecule is CC(C)n1c(=O)ccc2c(CC(C)n3c(=O)ccc4ccccc43)cc(Oc3ccccc3)nc21. The summed E-state index contributed by atoms with van der Waals surface area (Å²) in [6, 6.07) is 25.9. The van der Waals surface area contributed by atoms with Gasteiger partial charge < -0.3 is 9.30 Å². The minimum atomic E-state index is -0.136. The quantitative estimate of drug-likeness (QED) is 0.314. The molecule has 0 amide bonds. The molecule has 6 heteroatoms. The van der Waals surface area contributed by atoms with Gasteiger partial charge in [0.2, 0.25) is 5.88 Å². The summed E-state index contributed by atoms with van der Waals surface area (Å²) in [5.74, 6) is 1.08. The van der Waals surface area contributed by atoms with Gasteiger partial charge in [0.05, 0.1) is 5.52 Å². The first-order valence-electron chi connectivity index (χ1n) is 11.8. The van der Waals surface area contributed by atoms with Crippen molar-refractivity contribution in [1.82, 2.24) is 14.1 Å². The lowest BCUT2D eigenvalue weighted by Gasteiger charge is -2.21. The molecule has 176 valence electrons. The van der Waals surface area contributed by atoms with Crippen molar-refractivity contribution in [3.05, 3.63) is 111 Å². The molecule has 5 aromatic rings. The summed E-state index contributed by atoms with van der Waals surface area (Å²) in [6.07, 6.45) is 0.564. The van der Waals surface area contributed by atoms with Gasteiger partial charge in [0.25, 0.3) is 11.1 Å². The molecule has 0 fully saturated rings. The fourth-order valence-electron chi connectivity index (χ4n) is 4.67. The van der Waals surface area contributed by atoms with E-state index in [1.165, 1.54) is 0 Å². The molecule has 0 spiro atoms. The van der Waals surface area contributed by atoms with Crippen molar-refractivity contribution in [3.8, 4) is 11.6 Å². The fraction of sp³-hybridized carbons (Fsp3) is 0.207. The number of hydrogen-bond acceptors (Lipinski definition) is 4. The molecule has 0 bridgehead atoms. The van der Waals surface area contributed by atoms with Gasteiger partial charge in [-0.2, -0.15) is 4.98 Å². The summed E-state index contributed by atoms with van der Waals surface area (Å²) in [5, 5.41) is 1.89. The highest BCUT2D eigenvalue weighted by Gasteiger charge is 2.18. The molecule has 3 aromatic heterocycles. The van der Waals surface area contributed by atoms with E-state index >= 15 is 0 Å². The molecule has 35 heavy (non-hydrogen) atoms. The number of hydrogen-bond donors (Lipinski definition) is 0. The number of rotatable bonds is 6. The van der Waals surface area contributed by atoms with Crippen molar-refractivity contribution in [3.63, 3.8) is 0 Å². The molecule has 0 aliphatic heterocycles. The van der Waals surface area contributed by atoms with Crippen molar-refractivity contribution < 1.29 is 4.74 Å². The van der Waals surface area contributed by atoms with E-state index in [0.717, 1.165) is 21.9 Å². The summed E-state index contributed by atoms with van der Waals surface area (Å²) in [6.45, 7) is 5.96. The van der Waals surface area contributed by atoms with Crippen LogP contribution in [0.1, 0.15) is 38.4 Å². The standard InChI is InChI=1S/C29H27N3O3/c1-19(2)31-27(33)16-14-24-22(18-26(30-29(24)31)35-23-10-5-4-6-11-23)17-20(3)32-25-12-8-7-9-21(25)13-15-28(32)34/h4-16,18-20H,17H2,1-3H3. The van der Waals surface area contributed by atoms with Gasteiger partial charge in [-0.15, -0.1) is 0 Å². The Labute approximate surface area is 203 Å². The van der Waals surface area contributed by atoms with Crippen LogP contribution in [0.2, 0.25) is 0 Å². The monoisotopic (exact) mass is 465 g/mol. The van der Waals surface area contributed by atoms with Crippen molar-refractivity contribution >= 4 is 21.9 Å². The molecule has 5 rings (SSSR count). The van der Waals surface area contributed by atoms with Gasteiger partial charge in [-0.1, -0.05) is 36.4 Å². The predicted octanol–water partition coefficient (Wildman–Crippen LogP) is 5.89. The van der Waals surface area contributed by atoms with E-state index in [2.05, 4.69) is 0 Å². The number of pyridine rings is 3. The van der Waals surface area contributed by atoms with Gasteiger partial charge in [-0.25, -0.2) is 0 Å². The third kappa shape index (κ3) is 4.35. The van der Waals surface area contributed by atoms with Crippen LogP contribution in [-0.2, 0) is 6.42 Å². The zero-order valence-corrected chi connectivity index (χ0v) is 20.0. The summed E-state index contributed by atoms with van der Waals surface area (Å²) in [4.78, 5) is 30.4. The van der Waals surface area contributed by atoms with Crippen LogP contribution >= 0.6 is 0 Å². The molecule has 2 aromatic carbocycles. The first-order valence-corrected chi connectivity index (χ1v) is 11.8. The van der Waals surface area contributed by atoms with E-state index in [0.29, 0.717) is 23.7 Å². The second-order valence-corrected chi connectivity index (χ2v) is 9.06. The third-order valence-electron chi connectivity index (χ3n) is 6.24. The van der Waals surface area contributed by atoms with Crippen molar-refractivity contribution in [1.29, 1.82) is 0 Å². The number of aromatic nitrogens is 3. The molecule has 3 heterocycles. The first-order chi connectivity index (χ1) is 16.9. The number of benzene rings is 2. The van der Waals surface area contributed by atoms with Gasteiger partial charge in [-0.05, 0) is 68.5 Å². The number of fused-ring (bicyclic) bond motifs is 2. The summed E-state index contributed by atoms with van der Waals surface area (Å²) in [7, 11) is 0. The van der Waals surface area contributed by atoms with E-state index in [4.69, 9.17) is 9.72 Å². The highest BCUT2D eigenvalue weighted by atomic mass is 16.5. The molecular formula is C29H27N3O3. The van der Waals surface area contributed by atoms with Crippen molar-refractivity contribution in [2.45, 2.75) is 39.3 Å². The van der Waals surface area contributed by atoms with E-state index in [-0.39, 0.29) is 23.2 Å². The maximum absolute atomic E-state index is 12.9. The highest BCUT2D eigenvalue weighted by Crippen LogP contribution is 2.29. The van der Waals surface area contributed by atoms with Gasteiger partial charge in [0.1, 0.15) is 11.4 Å². The van der Waals surface area contributed by atoms with E-state index in [1.54, 1.807) is 16.7 Å². The lowest BCUT2D eigenvalue weighted by atomic mass is 10.0. The maximum Gasteiger partial charge on any atom is 0.252 e. The molecule has 0 radical (unpaired) electrons. The molecule has 0 aliphatic rings. The Bertz CT molecular complexity index is 1640. The molecule has 1 atom stereocenters. The second kappa shape index (κ2) is 9.22. The van der Waals surface area contributed by atoms with Crippen LogP contribution in [0.4, 0.5) is 0 Å². The van der Waals surface area contributed by atoms with Crippen LogP contribution in [0.25, 0.3) is 21.9 Å². The minimum absolute atomic E-state index is 0.0468. The Kier molecular flexibility index (Phi) is 5.95. The van der Waals surface area contributed by atoms with E-state index < -0.39 is 0 Å². The van der Waals surface area contributed by atoms with Gasteiger partial charge in [0, 0.05) is 35.7 Å². The van der Waals surface area contributed by atoms with Crippen LogP contribution in [0.5, 0.6) is 11.6 Å². The van der Waals surface area contributed by atoms with Crippen molar-refractivity contribution in [2.24, 2.45) is 0 Å². The number of ether oxygens (including phenoxy) is 1. The first kappa shape index (κ1) is 22.6. The average Bonchev–Trinajstić information content (AvgIpc) is 2.84. The molecule has 0 saturated heterocycles. The summed E-state index contributed by atoms with van der Waals surface area (Å²) >= 11 is 0. The minimum Gasteiger partial charge on any atom is -0.439 e. The highest BCUT2D eigenvalue weighted by molar-refractivity contribution is 5.81. The Morgan fingerprint density at radius 3 is 2.26 bits per heavy atom. The topological polar surface area (TPSA) is 66.1 Å². The van der Waals surface area contributed by atoms with Crippen LogP contribution in [0, 0.1) is 0 Å². The van der Waals surface area contributed by atoms with Crippen LogP contribution < -0.4 is 15.9 Å². The molecule has 1 unspecified atom stereocenters. The molecule has 6 nitrogen and oxygen atoms in total. The number of nitrogens with zero attached hydrogens (tertiary/aromatic N) is 3. The van der Waals surface area contributed by atoms with E-state index in [9.17, 15) is 9.59 Å². The molecule has 0 aliphatic carbocycles. The normalized spacial score (nSPS) is 12.3. The third-order valence-corrected chi connectivity index (χ3v) is 6.24. The second-order valence-electron chi connectivity index (χ2n) is 9.06. The molecule has 0 N–H and O–H groups in total. The fourth-order valence-corrected chi connectivity index (χ4v) is 4.67. The zero-order chi connectivity index (χ0) is 24.5. The Morgan fingerprint density at radius 2 is 1.49 bits per heavy atom. The lowest BCUT2D eigenvalue weighted by molar-refractivity contribution is 0.460. The van der Waals surface area contributed by atoms with Gasteiger partial charge in [-0.3, -0.25) is 14.2 Å². The predicted molar refractivity (Wildman–Crippen MR) is 140 cm³/mol. The van der Waals surface area contributed by atoms with Gasteiger partial charge >= 0.3 is 0 Å². The molecule has 0 saturated carbocycles. The Balaban J connectivity index is 1.67. The summed E-state index contributed by atoms with van der Waals surface area (Å²) in [5.41, 5.74) is 2.28. The van der Waals surface area contributed by atoms with E-state index in [1.807, 2.05) is 98.1 Å². The number of para-hydroxylation sites is 2. The Hall–Kier alpha value is -4.19. The molecular weight excluding hydrogens is 438 g/mol. The lowest BCUT2D eigenvalue weighted by Crippen LogP contribution is -2.25. The zero-order valence-electron chi connectivity index (χ0n) is 20.0. The van der Waals surface area contributed by atoms with Crippen LogP contribution in [-0.4, -0.2) is 14.1 Å². The smallest absolute Gasteiger partial charge is 0.252 e. The van der Waals surface area contributed by atoms with Crippen LogP contribution in [0.15, 0.2) is 94.5 Å². The van der Waals surface area contributed by atoms with Crippen molar-refractivity contribution in [2.75, 3.05) is 0 Å². The van der Waals surface area contributed by atoms with Crippen LogP contribution in [0.3, 0.4) is 0 Å². The largest absolute Gasteiger partial charge is 0.439 e. The average molecular weight is 466 g/mol. The van der Waals surface area contributed by atoms with Gasteiger partial charge in [0.15, 0.2) is 0 Å². The Morgan fingerprint density at radius 1 is 0.800 bits per heavy atom.